The second-order valence-electron chi connectivity index (χ2n) is 11.6. The number of carbonyl (C=O) groups is 2. The molecule has 1 aliphatic rings. The molecule has 1 fully saturated rings. The molecule has 1 N–H and O–H groups in total. The van der Waals surface area contributed by atoms with Crippen LogP contribution in [0.2, 0.25) is 0 Å². The van der Waals surface area contributed by atoms with Gasteiger partial charge >= 0.3 is 5.97 Å². The van der Waals surface area contributed by atoms with Crippen molar-refractivity contribution in [2.24, 2.45) is 39.9 Å². The van der Waals surface area contributed by atoms with Crippen LogP contribution in [0.3, 0.4) is 0 Å². The van der Waals surface area contributed by atoms with Gasteiger partial charge < -0.3 is 14.6 Å². The van der Waals surface area contributed by atoms with Crippen LogP contribution in [0.5, 0.6) is 0 Å². The predicted octanol–water partition coefficient (Wildman–Crippen LogP) is 4.89. The summed E-state index contributed by atoms with van der Waals surface area (Å²) in [6.45, 7) is 21.7. The van der Waals surface area contributed by atoms with Crippen molar-refractivity contribution in [2.45, 2.75) is 101 Å². The van der Waals surface area contributed by atoms with Crippen LogP contribution in [0.4, 0.5) is 0 Å². The number of Topliss-reactive ketones (excluding diaryl/α,β-unsaturated/α-hetero) is 1. The molecule has 176 valence electrons. The summed E-state index contributed by atoms with van der Waals surface area (Å²) >= 11 is 0. The van der Waals surface area contributed by atoms with Gasteiger partial charge in [-0.15, -0.1) is 0 Å². The number of hydrogen-bond donors (Lipinski definition) is 1. The minimum atomic E-state index is -0.915. The largest absolute Gasteiger partial charge is 0.462 e. The van der Waals surface area contributed by atoms with Gasteiger partial charge in [-0.1, -0.05) is 69.2 Å². The molecule has 0 bridgehead atoms. The lowest BCUT2D eigenvalue weighted by atomic mass is 9.62. The maximum absolute atomic E-state index is 13.2. The molecule has 1 saturated heterocycles. The molecular weight excluding hydrogens is 380 g/mol. The zero-order chi connectivity index (χ0) is 23.8. The van der Waals surface area contributed by atoms with E-state index in [2.05, 4.69) is 34.6 Å². The standard InChI is InChI=1S/C25H46O5/c1-14-13-23(6,7)21(29-12)16(3)24(8,9)17(4)22(28)30-18(5)25(10,11)20(27)15(2)19(14)26/h14-18,20-21,27H,13H2,1-12H3. The smallest absolute Gasteiger partial charge is 0.309 e. The summed E-state index contributed by atoms with van der Waals surface area (Å²) in [6, 6.07) is 0. The average Bonchev–Trinajstić information content (AvgIpc) is 2.64. The quantitative estimate of drug-likeness (QED) is 0.604. The van der Waals surface area contributed by atoms with Crippen molar-refractivity contribution in [3.8, 4) is 0 Å². The number of ether oxygens (including phenoxy) is 2. The Morgan fingerprint density at radius 1 is 0.933 bits per heavy atom. The van der Waals surface area contributed by atoms with Gasteiger partial charge in [0.2, 0.25) is 0 Å². The summed E-state index contributed by atoms with van der Waals surface area (Å²) in [6.07, 6.45) is -0.940. The molecule has 1 aliphatic heterocycles. The van der Waals surface area contributed by atoms with E-state index in [1.807, 2.05) is 27.7 Å². The number of hydrogen-bond acceptors (Lipinski definition) is 5. The van der Waals surface area contributed by atoms with Crippen molar-refractivity contribution < 1.29 is 24.2 Å². The van der Waals surface area contributed by atoms with Crippen LogP contribution >= 0.6 is 0 Å². The van der Waals surface area contributed by atoms with Crippen molar-refractivity contribution in [3.05, 3.63) is 0 Å². The van der Waals surface area contributed by atoms with Crippen molar-refractivity contribution in [1.82, 2.24) is 0 Å². The van der Waals surface area contributed by atoms with Gasteiger partial charge in [0.15, 0.2) is 0 Å². The highest BCUT2D eigenvalue weighted by atomic mass is 16.5. The summed E-state index contributed by atoms with van der Waals surface area (Å²) in [4.78, 5) is 26.3. The maximum Gasteiger partial charge on any atom is 0.309 e. The fourth-order valence-electron chi connectivity index (χ4n) is 5.21. The Hall–Kier alpha value is -0.940. The van der Waals surface area contributed by atoms with Crippen molar-refractivity contribution in [2.75, 3.05) is 7.11 Å². The number of carbonyl (C=O) groups excluding carboxylic acids is 2. The van der Waals surface area contributed by atoms with E-state index in [1.165, 1.54) is 0 Å². The van der Waals surface area contributed by atoms with E-state index in [0.29, 0.717) is 6.42 Å². The van der Waals surface area contributed by atoms with Gasteiger partial charge in [0.05, 0.1) is 18.1 Å². The molecule has 5 nitrogen and oxygen atoms in total. The van der Waals surface area contributed by atoms with E-state index in [0.717, 1.165) is 0 Å². The first-order valence-electron chi connectivity index (χ1n) is 11.4. The normalized spacial score (nSPS) is 40.4. The molecular formula is C25H46O5. The third-order valence-corrected chi connectivity index (χ3v) is 8.46. The summed E-state index contributed by atoms with van der Waals surface area (Å²) in [5, 5.41) is 11.1. The SMILES string of the molecule is COC1C(C)C(C)(C)C(C)C(=O)OC(C)C(C)(C)C(O)C(C)C(=O)C(C)CC1(C)C. The Bertz CT molecular complexity index is 621. The molecule has 0 aromatic heterocycles. The Morgan fingerprint density at radius 2 is 1.43 bits per heavy atom. The molecule has 0 saturated carbocycles. The number of aliphatic hydroxyl groups is 1. The lowest BCUT2D eigenvalue weighted by Gasteiger charge is -2.47. The number of ketones is 1. The Morgan fingerprint density at radius 3 is 1.90 bits per heavy atom. The molecule has 0 radical (unpaired) electrons. The molecule has 1 rings (SSSR count). The second-order valence-corrected chi connectivity index (χ2v) is 11.6. The fraction of sp³-hybridized carbons (Fsp3) is 0.920. The Balaban J connectivity index is 3.52. The Labute approximate surface area is 184 Å². The monoisotopic (exact) mass is 426 g/mol. The molecule has 5 heteroatoms. The topological polar surface area (TPSA) is 72.8 Å². The van der Waals surface area contributed by atoms with Crippen LogP contribution in [-0.2, 0) is 19.1 Å². The Kier molecular flexibility index (Phi) is 8.38. The van der Waals surface area contributed by atoms with Crippen molar-refractivity contribution in [3.63, 3.8) is 0 Å². The van der Waals surface area contributed by atoms with Crippen LogP contribution in [0, 0.1) is 39.9 Å². The second kappa shape index (κ2) is 9.28. The van der Waals surface area contributed by atoms with Crippen molar-refractivity contribution >= 4 is 11.8 Å². The molecule has 30 heavy (non-hydrogen) atoms. The third kappa shape index (κ3) is 5.09. The predicted molar refractivity (Wildman–Crippen MR) is 120 cm³/mol. The molecule has 0 amide bonds. The van der Waals surface area contributed by atoms with Gasteiger partial charge in [0.25, 0.3) is 0 Å². The first-order valence-corrected chi connectivity index (χ1v) is 11.4. The lowest BCUT2D eigenvalue weighted by Crippen LogP contribution is -2.51. The summed E-state index contributed by atoms with van der Waals surface area (Å²) in [7, 11) is 1.70. The van der Waals surface area contributed by atoms with Crippen LogP contribution in [0.1, 0.15) is 82.6 Å². The maximum atomic E-state index is 13.2. The first-order chi connectivity index (χ1) is 13.4. The molecule has 7 unspecified atom stereocenters. The highest BCUT2D eigenvalue weighted by Gasteiger charge is 2.49. The molecule has 0 aromatic carbocycles. The minimum Gasteiger partial charge on any atom is -0.462 e. The van der Waals surface area contributed by atoms with Gasteiger partial charge in [-0.05, 0) is 30.1 Å². The van der Waals surface area contributed by atoms with E-state index >= 15 is 0 Å². The van der Waals surface area contributed by atoms with E-state index in [1.54, 1.807) is 21.0 Å². The van der Waals surface area contributed by atoms with Gasteiger partial charge in [0, 0.05) is 24.4 Å². The fourth-order valence-corrected chi connectivity index (χ4v) is 5.21. The molecule has 0 spiro atoms. The number of methoxy groups -OCH3 is 1. The minimum absolute atomic E-state index is 0.0365. The lowest BCUT2D eigenvalue weighted by molar-refractivity contribution is -0.174. The van der Waals surface area contributed by atoms with Crippen molar-refractivity contribution in [1.29, 1.82) is 0 Å². The highest BCUT2D eigenvalue weighted by Crippen LogP contribution is 2.46. The summed E-state index contributed by atoms with van der Waals surface area (Å²) in [5.74, 6) is -1.31. The van der Waals surface area contributed by atoms with Crippen LogP contribution in [0.25, 0.3) is 0 Å². The van der Waals surface area contributed by atoms with E-state index in [9.17, 15) is 14.7 Å². The third-order valence-electron chi connectivity index (χ3n) is 8.46. The van der Waals surface area contributed by atoms with E-state index in [-0.39, 0.29) is 46.4 Å². The number of esters is 1. The first kappa shape index (κ1) is 27.1. The van der Waals surface area contributed by atoms with Gasteiger partial charge in [-0.2, -0.15) is 0 Å². The molecule has 7 atom stereocenters. The molecule has 1 heterocycles. The highest BCUT2D eigenvalue weighted by molar-refractivity contribution is 5.83. The van der Waals surface area contributed by atoms with Crippen LogP contribution in [0.15, 0.2) is 0 Å². The van der Waals surface area contributed by atoms with Crippen LogP contribution in [-0.4, -0.2) is 42.3 Å². The molecule has 0 aliphatic carbocycles. The summed E-state index contributed by atoms with van der Waals surface area (Å²) < 4.78 is 11.8. The number of aliphatic hydroxyl groups excluding tert-OH is 1. The average molecular weight is 427 g/mol. The van der Waals surface area contributed by atoms with Gasteiger partial charge in [0.1, 0.15) is 11.9 Å². The van der Waals surface area contributed by atoms with E-state index < -0.39 is 23.5 Å². The van der Waals surface area contributed by atoms with Crippen LogP contribution < -0.4 is 0 Å². The number of cyclic esters (lactones) is 1. The van der Waals surface area contributed by atoms with Gasteiger partial charge in [-0.3, -0.25) is 9.59 Å². The zero-order valence-electron chi connectivity index (χ0n) is 21.3. The zero-order valence-corrected chi connectivity index (χ0v) is 21.3. The van der Waals surface area contributed by atoms with Gasteiger partial charge in [-0.25, -0.2) is 0 Å². The van der Waals surface area contributed by atoms with E-state index in [4.69, 9.17) is 9.47 Å². The molecule has 0 aromatic rings. The number of rotatable bonds is 1. The summed E-state index contributed by atoms with van der Waals surface area (Å²) in [5.41, 5.74) is -1.43.